The van der Waals surface area contributed by atoms with Gasteiger partial charge in [-0.05, 0) is 113 Å². The van der Waals surface area contributed by atoms with E-state index in [0.717, 1.165) is 18.7 Å². The quantitative estimate of drug-likeness (QED) is 0.313. The third-order valence-corrected chi connectivity index (χ3v) is 15.0. The van der Waals surface area contributed by atoms with E-state index in [2.05, 4.69) is 143 Å². The molecule has 3 heteroatoms. The first-order valence-electron chi connectivity index (χ1n) is 20.1. The minimum atomic E-state index is -0.00132. The Labute approximate surface area is 305 Å². The number of fused-ring (bicyclic) bond motifs is 7. The molecule has 1 aromatic carbocycles. The molecule has 0 spiro atoms. The highest BCUT2D eigenvalue weighted by Crippen LogP contribution is 2.60. The number of amidine groups is 1. The van der Waals surface area contributed by atoms with Crippen molar-refractivity contribution in [3.05, 3.63) is 136 Å². The normalized spacial score (nSPS) is 37.1. The first-order chi connectivity index (χ1) is 24.5. The van der Waals surface area contributed by atoms with E-state index in [4.69, 9.17) is 4.99 Å². The average Bonchev–Trinajstić information content (AvgIpc) is 3.64. The molecule has 10 rings (SSSR count). The van der Waals surface area contributed by atoms with Crippen LogP contribution in [0.2, 0.25) is 0 Å². The van der Waals surface area contributed by atoms with Crippen LogP contribution >= 0.6 is 0 Å². The molecule has 1 saturated carbocycles. The van der Waals surface area contributed by atoms with E-state index in [-0.39, 0.29) is 28.6 Å². The summed E-state index contributed by atoms with van der Waals surface area (Å²) in [6, 6.07) is 7.21. The van der Waals surface area contributed by atoms with E-state index in [0.29, 0.717) is 35.5 Å². The predicted molar refractivity (Wildman–Crippen MR) is 212 cm³/mol. The largest absolute Gasteiger partial charge is 0.350 e. The van der Waals surface area contributed by atoms with Crippen LogP contribution in [-0.4, -0.2) is 18.2 Å². The highest BCUT2D eigenvalue weighted by atomic mass is 15.3. The summed E-state index contributed by atoms with van der Waals surface area (Å²) in [6.45, 7) is 14.8. The van der Waals surface area contributed by atoms with Crippen molar-refractivity contribution in [3.8, 4) is 0 Å². The first kappa shape index (κ1) is 32.0. The Hall–Kier alpha value is -3.69. The fourth-order valence-electron chi connectivity index (χ4n) is 12.2. The van der Waals surface area contributed by atoms with Gasteiger partial charge in [0.15, 0.2) is 0 Å². The maximum absolute atomic E-state index is 5.62. The standard InChI is InChI=1S/C48H55N3/c1-46(2)37-16-10-7-13-31(37)34-22-19-28(25-40(34)46)43-49-44(29-20-23-35-32-14-8-11-17-38(32)47(3,4)41(35)26-29)51-45(50-43)30-21-24-36-33-15-9-12-18-39(33)48(5,6)42(36)27-30/h7-8,10,12-14,16,18,20-21,23-28,31,34-35,37,41,43-44,49H,9,11,15,17,19,22H2,1-6H3,(H,50,51). The summed E-state index contributed by atoms with van der Waals surface area (Å²) in [5.74, 6) is 4.21. The summed E-state index contributed by atoms with van der Waals surface area (Å²) >= 11 is 0. The van der Waals surface area contributed by atoms with E-state index in [1.165, 1.54) is 53.5 Å². The SMILES string of the molecule is CC1(C)C2=C(CCC=C2)c2ccc(C3=NC(C4C=C5C(CC4)C4C=CC=CC4C5(C)C)NC(C4=CC5C(C=C4)C4=C(CCC=C4)C5(C)C)N3)cc21. The van der Waals surface area contributed by atoms with E-state index >= 15 is 0 Å². The van der Waals surface area contributed by atoms with Crippen LogP contribution < -0.4 is 10.6 Å². The number of nitrogens with zero attached hydrogens (tertiary/aromatic N) is 1. The lowest BCUT2D eigenvalue weighted by Crippen LogP contribution is -2.57. The molecule has 0 radical (unpaired) electrons. The van der Waals surface area contributed by atoms with Crippen molar-refractivity contribution in [2.24, 2.45) is 51.3 Å². The molecule has 262 valence electrons. The topological polar surface area (TPSA) is 36.4 Å². The van der Waals surface area contributed by atoms with Crippen LogP contribution in [0.5, 0.6) is 0 Å². The molecule has 1 heterocycles. The van der Waals surface area contributed by atoms with Gasteiger partial charge in [0.2, 0.25) is 0 Å². The maximum atomic E-state index is 5.62. The highest BCUT2D eigenvalue weighted by molar-refractivity contribution is 6.01. The van der Waals surface area contributed by atoms with E-state index in [9.17, 15) is 0 Å². The second-order valence-corrected chi connectivity index (χ2v) is 18.6. The van der Waals surface area contributed by atoms with Crippen molar-refractivity contribution >= 4 is 11.4 Å². The molecule has 0 amide bonds. The number of rotatable bonds is 3. The molecule has 51 heavy (non-hydrogen) atoms. The fourth-order valence-corrected chi connectivity index (χ4v) is 12.2. The van der Waals surface area contributed by atoms with Gasteiger partial charge in [-0.3, -0.25) is 5.32 Å². The van der Waals surface area contributed by atoms with Gasteiger partial charge in [-0.25, -0.2) is 4.99 Å². The molecular formula is C48H55N3. The molecule has 1 aliphatic heterocycles. The van der Waals surface area contributed by atoms with Crippen molar-refractivity contribution in [2.75, 3.05) is 0 Å². The molecule has 0 bridgehead atoms. The molecule has 8 unspecified atom stereocenters. The van der Waals surface area contributed by atoms with Gasteiger partial charge in [0.1, 0.15) is 18.2 Å². The molecule has 1 aromatic rings. The minimum absolute atomic E-state index is 0.000331. The molecule has 9 aliphatic rings. The third kappa shape index (κ3) is 4.62. The lowest BCUT2D eigenvalue weighted by atomic mass is 9.71. The van der Waals surface area contributed by atoms with Gasteiger partial charge in [0.25, 0.3) is 0 Å². The zero-order valence-electron chi connectivity index (χ0n) is 31.5. The van der Waals surface area contributed by atoms with Gasteiger partial charge in [-0.2, -0.15) is 0 Å². The minimum Gasteiger partial charge on any atom is -0.350 e. The van der Waals surface area contributed by atoms with Crippen LogP contribution in [0.3, 0.4) is 0 Å². The number of hydrogen-bond acceptors (Lipinski definition) is 3. The Morgan fingerprint density at radius 3 is 2.51 bits per heavy atom. The molecule has 0 saturated heterocycles. The molecule has 2 N–H and O–H groups in total. The van der Waals surface area contributed by atoms with Crippen molar-refractivity contribution < 1.29 is 0 Å². The second kappa shape index (κ2) is 11.2. The fraction of sp³-hybridized carbons (Fsp3) is 0.479. The Kier molecular flexibility index (Phi) is 7.00. The van der Waals surface area contributed by atoms with Crippen molar-refractivity contribution in [2.45, 2.75) is 97.8 Å². The van der Waals surface area contributed by atoms with Gasteiger partial charge in [0, 0.05) is 22.8 Å². The van der Waals surface area contributed by atoms with E-state index < -0.39 is 0 Å². The molecule has 0 aromatic heterocycles. The zero-order valence-corrected chi connectivity index (χ0v) is 31.5. The van der Waals surface area contributed by atoms with E-state index in [1.807, 2.05) is 0 Å². The summed E-state index contributed by atoms with van der Waals surface area (Å²) in [5.41, 5.74) is 13.8. The molecule has 8 atom stereocenters. The van der Waals surface area contributed by atoms with Crippen LogP contribution in [0.15, 0.2) is 124 Å². The summed E-state index contributed by atoms with van der Waals surface area (Å²) in [6.07, 6.45) is 36.4. The van der Waals surface area contributed by atoms with Crippen molar-refractivity contribution in [3.63, 3.8) is 0 Å². The summed E-state index contributed by atoms with van der Waals surface area (Å²) < 4.78 is 0. The molecule has 3 nitrogen and oxygen atoms in total. The number of allylic oxidation sites excluding steroid dienone is 15. The number of aliphatic imine (C=N–C) groups is 1. The van der Waals surface area contributed by atoms with E-state index in [1.54, 1.807) is 22.3 Å². The van der Waals surface area contributed by atoms with Gasteiger partial charge in [-0.1, -0.05) is 138 Å². The summed E-state index contributed by atoms with van der Waals surface area (Å²) in [7, 11) is 0. The van der Waals surface area contributed by atoms with Crippen LogP contribution in [0, 0.1) is 46.3 Å². The van der Waals surface area contributed by atoms with Gasteiger partial charge in [0.05, 0.1) is 0 Å². The van der Waals surface area contributed by atoms with Crippen molar-refractivity contribution in [1.82, 2.24) is 10.6 Å². The smallest absolute Gasteiger partial charge is 0.131 e. The van der Waals surface area contributed by atoms with Gasteiger partial charge >= 0.3 is 0 Å². The van der Waals surface area contributed by atoms with Gasteiger partial charge < -0.3 is 5.32 Å². The van der Waals surface area contributed by atoms with Gasteiger partial charge in [-0.15, -0.1) is 0 Å². The average molecular weight is 674 g/mol. The Bertz CT molecular complexity index is 2030. The van der Waals surface area contributed by atoms with Crippen LogP contribution in [-0.2, 0) is 5.41 Å². The van der Waals surface area contributed by atoms with Crippen LogP contribution in [0.25, 0.3) is 5.57 Å². The first-order valence-corrected chi connectivity index (χ1v) is 20.1. The number of hydrogen-bond donors (Lipinski definition) is 2. The van der Waals surface area contributed by atoms with Crippen molar-refractivity contribution in [1.29, 1.82) is 0 Å². The summed E-state index contributed by atoms with van der Waals surface area (Å²) in [4.78, 5) is 5.62. The maximum Gasteiger partial charge on any atom is 0.131 e. The molecular weight excluding hydrogens is 619 g/mol. The Balaban J connectivity index is 1.03. The number of nitrogens with one attached hydrogen (secondary N) is 2. The summed E-state index contributed by atoms with van der Waals surface area (Å²) in [5, 5.41) is 8.09. The Morgan fingerprint density at radius 2 is 1.63 bits per heavy atom. The highest BCUT2D eigenvalue weighted by Gasteiger charge is 2.52. The molecule has 8 aliphatic carbocycles. The lowest BCUT2D eigenvalue weighted by molar-refractivity contribution is 0.291. The Morgan fingerprint density at radius 1 is 0.804 bits per heavy atom. The predicted octanol–water partition coefficient (Wildman–Crippen LogP) is 10.4. The van der Waals surface area contributed by atoms with Crippen LogP contribution in [0.4, 0.5) is 0 Å². The monoisotopic (exact) mass is 673 g/mol. The lowest BCUT2D eigenvalue weighted by Gasteiger charge is -2.40. The third-order valence-electron chi connectivity index (χ3n) is 15.0. The molecule has 1 fully saturated rings. The second-order valence-electron chi connectivity index (χ2n) is 18.6. The number of benzene rings is 1. The zero-order chi connectivity index (χ0) is 34.9. The van der Waals surface area contributed by atoms with Crippen LogP contribution in [0.1, 0.15) is 96.8 Å².